The first-order chi connectivity index (χ1) is 7.89. The van der Waals surface area contributed by atoms with Gasteiger partial charge in [0, 0.05) is 17.0 Å². The summed E-state index contributed by atoms with van der Waals surface area (Å²) in [7, 11) is 0. The molecule has 1 aromatic carbocycles. The molecular formula is C14H20ClNO. The number of benzene rings is 1. The van der Waals surface area contributed by atoms with E-state index in [9.17, 15) is 5.11 Å². The first-order valence-electron chi connectivity index (χ1n) is 6.11. The lowest BCUT2D eigenvalue weighted by molar-refractivity contribution is 0.0388. The van der Waals surface area contributed by atoms with Crippen molar-refractivity contribution in [1.29, 1.82) is 0 Å². The molecule has 1 aromatic rings. The Morgan fingerprint density at radius 2 is 2.12 bits per heavy atom. The molecule has 1 fully saturated rings. The molecule has 17 heavy (non-hydrogen) atoms. The van der Waals surface area contributed by atoms with Gasteiger partial charge < -0.3 is 10.4 Å². The third-order valence-corrected chi connectivity index (χ3v) is 4.02. The van der Waals surface area contributed by atoms with Crippen LogP contribution in [0.5, 0.6) is 0 Å². The second-order valence-electron chi connectivity index (χ2n) is 5.49. The Bertz CT molecular complexity index is 411. The zero-order valence-corrected chi connectivity index (χ0v) is 11.4. The van der Waals surface area contributed by atoms with E-state index in [0.29, 0.717) is 5.92 Å². The maximum atomic E-state index is 10.2. The molecule has 1 aliphatic heterocycles. The highest BCUT2D eigenvalue weighted by molar-refractivity contribution is 6.31. The second kappa shape index (κ2) is 4.60. The van der Waals surface area contributed by atoms with Crippen LogP contribution in [-0.2, 0) is 0 Å². The van der Waals surface area contributed by atoms with E-state index in [1.54, 1.807) is 0 Å². The summed E-state index contributed by atoms with van der Waals surface area (Å²) in [6.07, 6.45) is 1.07. The molecule has 94 valence electrons. The van der Waals surface area contributed by atoms with Gasteiger partial charge in [-0.25, -0.2) is 0 Å². The van der Waals surface area contributed by atoms with Gasteiger partial charge in [-0.3, -0.25) is 0 Å². The number of hydrogen-bond donors (Lipinski definition) is 2. The fourth-order valence-electron chi connectivity index (χ4n) is 2.70. The zero-order valence-electron chi connectivity index (χ0n) is 10.6. The Hall–Kier alpha value is -0.570. The summed E-state index contributed by atoms with van der Waals surface area (Å²) in [5, 5.41) is 14.4. The Balaban J connectivity index is 2.29. The highest BCUT2D eigenvalue weighted by atomic mass is 35.5. The van der Waals surface area contributed by atoms with Crippen molar-refractivity contribution < 1.29 is 5.11 Å². The summed E-state index contributed by atoms with van der Waals surface area (Å²) in [5.74, 6) is 0.367. The van der Waals surface area contributed by atoms with Gasteiger partial charge in [-0.05, 0) is 50.9 Å². The number of halogens is 1. The lowest BCUT2D eigenvalue weighted by Gasteiger charge is -2.31. The molecule has 2 atom stereocenters. The van der Waals surface area contributed by atoms with Crippen LogP contribution in [-0.4, -0.2) is 23.3 Å². The van der Waals surface area contributed by atoms with Gasteiger partial charge >= 0.3 is 0 Å². The molecular weight excluding hydrogens is 234 g/mol. The molecule has 2 rings (SSSR count). The third kappa shape index (κ3) is 2.65. The minimum absolute atomic E-state index is 0.114. The van der Waals surface area contributed by atoms with Crippen molar-refractivity contribution in [3.05, 3.63) is 34.3 Å². The molecule has 1 heterocycles. The van der Waals surface area contributed by atoms with Crippen molar-refractivity contribution in [3.8, 4) is 0 Å². The Morgan fingerprint density at radius 1 is 1.41 bits per heavy atom. The largest absolute Gasteiger partial charge is 0.389 e. The smallest absolute Gasteiger partial charge is 0.0750 e. The van der Waals surface area contributed by atoms with Crippen molar-refractivity contribution in [1.82, 2.24) is 5.32 Å². The Morgan fingerprint density at radius 3 is 2.71 bits per heavy atom. The first-order valence-corrected chi connectivity index (χ1v) is 6.49. The fourth-order valence-corrected chi connectivity index (χ4v) is 2.82. The standard InChI is InChI=1S/C14H20ClNO/c1-9-8-10(4-5-12(9)15)11-6-7-16-13(11)14(2,3)17/h4-5,8,11,13,16-17H,6-7H2,1-3H3/t11?,13-/m0/s1. The van der Waals surface area contributed by atoms with Gasteiger partial charge in [0.25, 0.3) is 0 Å². The maximum Gasteiger partial charge on any atom is 0.0750 e. The summed E-state index contributed by atoms with van der Waals surface area (Å²) in [5.41, 5.74) is 1.67. The van der Waals surface area contributed by atoms with E-state index in [2.05, 4.69) is 17.4 Å². The predicted molar refractivity (Wildman–Crippen MR) is 71.6 cm³/mol. The molecule has 3 heteroatoms. The van der Waals surface area contributed by atoms with E-state index in [1.807, 2.05) is 26.8 Å². The van der Waals surface area contributed by atoms with E-state index < -0.39 is 5.60 Å². The molecule has 2 nitrogen and oxygen atoms in total. The normalized spacial score (nSPS) is 25.2. The Labute approximate surface area is 108 Å². The Kier molecular flexibility index (Phi) is 3.48. The summed E-state index contributed by atoms with van der Waals surface area (Å²) >= 11 is 6.05. The highest BCUT2D eigenvalue weighted by Crippen LogP contribution is 2.34. The molecule has 0 radical (unpaired) electrons. The minimum atomic E-state index is -0.700. The molecule has 0 aliphatic carbocycles. The van der Waals surface area contributed by atoms with Crippen LogP contribution < -0.4 is 5.32 Å². The van der Waals surface area contributed by atoms with Gasteiger partial charge in [0.15, 0.2) is 0 Å². The van der Waals surface area contributed by atoms with E-state index in [0.717, 1.165) is 23.6 Å². The number of aryl methyl sites for hydroxylation is 1. The van der Waals surface area contributed by atoms with Gasteiger partial charge in [0.05, 0.1) is 5.60 Å². The number of nitrogens with one attached hydrogen (secondary N) is 1. The monoisotopic (exact) mass is 253 g/mol. The van der Waals surface area contributed by atoms with Crippen molar-refractivity contribution in [3.63, 3.8) is 0 Å². The topological polar surface area (TPSA) is 32.3 Å². The van der Waals surface area contributed by atoms with Crippen LogP contribution in [0.1, 0.15) is 37.3 Å². The van der Waals surface area contributed by atoms with Crippen LogP contribution in [0.4, 0.5) is 0 Å². The van der Waals surface area contributed by atoms with Gasteiger partial charge in [0.1, 0.15) is 0 Å². The lowest BCUT2D eigenvalue weighted by Crippen LogP contribution is -2.45. The van der Waals surface area contributed by atoms with Crippen molar-refractivity contribution >= 4 is 11.6 Å². The van der Waals surface area contributed by atoms with Crippen LogP contribution in [0.25, 0.3) is 0 Å². The van der Waals surface area contributed by atoms with Crippen LogP contribution >= 0.6 is 11.6 Å². The van der Waals surface area contributed by atoms with E-state index in [1.165, 1.54) is 5.56 Å². The summed E-state index contributed by atoms with van der Waals surface area (Å²) in [4.78, 5) is 0. The predicted octanol–water partition coefficient (Wildman–Crippen LogP) is 2.86. The number of aliphatic hydroxyl groups is 1. The zero-order chi connectivity index (χ0) is 12.6. The van der Waals surface area contributed by atoms with Crippen molar-refractivity contribution in [2.75, 3.05) is 6.54 Å². The number of hydrogen-bond acceptors (Lipinski definition) is 2. The highest BCUT2D eigenvalue weighted by Gasteiger charge is 2.38. The van der Waals surface area contributed by atoms with Gasteiger partial charge in [-0.2, -0.15) is 0 Å². The quantitative estimate of drug-likeness (QED) is 0.850. The number of rotatable bonds is 2. The first kappa shape index (κ1) is 12.9. The lowest BCUT2D eigenvalue weighted by atomic mass is 9.83. The molecule has 0 spiro atoms. The summed E-state index contributed by atoms with van der Waals surface area (Å²) in [6, 6.07) is 6.28. The van der Waals surface area contributed by atoms with E-state index >= 15 is 0 Å². The van der Waals surface area contributed by atoms with Crippen LogP contribution in [0.2, 0.25) is 5.02 Å². The molecule has 2 N–H and O–H groups in total. The van der Waals surface area contributed by atoms with Gasteiger partial charge in [-0.15, -0.1) is 0 Å². The second-order valence-corrected chi connectivity index (χ2v) is 5.90. The van der Waals surface area contributed by atoms with Gasteiger partial charge in [0.2, 0.25) is 0 Å². The minimum Gasteiger partial charge on any atom is -0.389 e. The molecule has 0 amide bonds. The van der Waals surface area contributed by atoms with Crippen molar-refractivity contribution in [2.24, 2.45) is 0 Å². The van der Waals surface area contributed by atoms with E-state index in [4.69, 9.17) is 11.6 Å². The van der Waals surface area contributed by atoms with Gasteiger partial charge in [-0.1, -0.05) is 23.7 Å². The molecule has 1 unspecified atom stereocenters. The van der Waals surface area contributed by atoms with Crippen molar-refractivity contribution in [2.45, 2.75) is 44.8 Å². The fraction of sp³-hybridized carbons (Fsp3) is 0.571. The van der Waals surface area contributed by atoms with E-state index in [-0.39, 0.29) is 6.04 Å². The molecule has 0 bridgehead atoms. The summed E-state index contributed by atoms with van der Waals surface area (Å²) in [6.45, 7) is 6.71. The molecule has 1 aliphatic rings. The molecule has 0 saturated carbocycles. The average molecular weight is 254 g/mol. The SMILES string of the molecule is Cc1cc(C2CCN[C@@H]2C(C)(C)O)ccc1Cl. The molecule has 1 saturated heterocycles. The summed E-state index contributed by atoms with van der Waals surface area (Å²) < 4.78 is 0. The molecule has 0 aromatic heterocycles. The average Bonchev–Trinajstić information content (AvgIpc) is 2.70. The third-order valence-electron chi connectivity index (χ3n) is 3.59. The van der Waals surface area contributed by atoms with Crippen LogP contribution in [0, 0.1) is 6.92 Å². The van der Waals surface area contributed by atoms with Crippen LogP contribution in [0.3, 0.4) is 0 Å². The van der Waals surface area contributed by atoms with Crippen LogP contribution in [0.15, 0.2) is 18.2 Å². The maximum absolute atomic E-state index is 10.2.